The summed E-state index contributed by atoms with van der Waals surface area (Å²) < 4.78 is 57.9. The highest BCUT2D eigenvalue weighted by atomic mass is 32.2. The number of benzene rings is 2. The van der Waals surface area contributed by atoms with Gasteiger partial charge in [-0.1, -0.05) is 18.2 Å². The van der Waals surface area contributed by atoms with Gasteiger partial charge in [0.1, 0.15) is 5.75 Å². The Morgan fingerprint density at radius 1 is 1.00 bits per heavy atom. The number of rotatable bonds is 8. The largest absolute Gasteiger partial charge is 0.481 e. The molecule has 0 unspecified atom stereocenters. The van der Waals surface area contributed by atoms with Crippen LogP contribution in [-0.4, -0.2) is 39.3 Å². The molecule has 0 aromatic heterocycles. The second-order valence-electron chi connectivity index (χ2n) is 6.05. The Morgan fingerprint density at radius 2 is 1.59 bits per heavy atom. The van der Waals surface area contributed by atoms with Gasteiger partial charge in [0.2, 0.25) is 9.84 Å². The Labute approximate surface area is 166 Å². The summed E-state index contributed by atoms with van der Waals surface area (Å²) in [7, 11) is -4.71. The lowest BCUT2D eigenvalue weighted by molar-refractivity contribution is -0.149. The Kier molecular flexibility index (Phi) is 7.27. The molecule has 0 aliphatic heterocycles. The average molecular weight is 427 g/mol. The van der Waals surface area contributed by atoms with Crippen LogP contribution in [0.15, 0.2) is 47.4 Å². The molecule has 2 rings (SSSR count). The van der Waals surface area contributed by atoms with E-state index in [-0.39, 0.29) is 12.3 Å². The molecule has 0 spiro atoms. The number of carbonyl (C=O) groups excluding carboxylic acids is 2. The smallest absolute Gasteiger partial charge is 0.344 e. The monoisotopic (exact) mass is 427 g/mol. The minimum Gasteiger partial charge on any atom is -0.481 e. The Morgan fingerprint density at radius 3 is 2.14 bits per heavy atom. The van der Waals surface area contributed by atoms with Gasteiger partial charge in [0.05, 0.1) is 4.90 Å². The van der Waals surface area contributed by atoms with E-state index in [2.05, 4.69) is 5.32 Å². The van der Waals surface area contributed by atoms with E-state index < -0.39 is 39.0 Å². The number of hydrogen-bond acceptors (Lipinski definition) is 6. The highest BCUT2D eigenvalue weighted by molar-refractivity contribution is 7.91. The van der Waals surface area contributed by atoms with Gasteiger partial charge in [0, 0.05) is 5.69 Å². The van der Waals surface area contributed by atoms with Crippen molar-refractivity contribution in [2.75, 3.05) is 18.5 Å². The van der Waals surface area contributed by atoms with E-state index in [9.17, 15) is 26.8 Å². The first-order valence-electron chi connectivity index (χ1n) is 8.38. The standard InChI is InChI=1S/C19H19F2NO6S/c1-12-4-3-5-13(2)18(12)28-11-17(24)27-10-16(23)22-14-6-8-15(9-7-14)29(25,26)19(20)21/h3-9,19H,10-11H2,1-2H3,(H,22,23). The molecule has 2 aromatic carbocycles. The topological polar surface area (TPSA) is 98.8 Å². The molecule has 0 aliphatic carbocycles. The summed E-state index contributed by atoms with van der Waals surface area (Å²) in [5.41, 5.74) is 1.87. The zero-order valence-corrected chi connectivity index (χ0v) is 16.5. The van der Waals surface area contributed by atoms with Gasteiger partial charge in [0.25, 0.3) is 5.91 Å². The first kappa shape index (κ1) is 22.3. The molecule has 0 atom stereocenters. The number of alkyl halides is 2. The van der Waals surface area contributed by atoms with E-state index in [1.807, 2.05) is 32.0 Å². The molecule has 0 fully saturated rings. The van der Waals surface area contributed by atoms with Crippen molar-refractivity contribution in [3.63, 3.8) is 0 Å². The van der Waals surface area contributed by atoms with Crippen LogP contribution in [0.4, 0.5) is 14.5 Å². The third-order valence-electron chi connectivity index (χ3n) is 3.81. The van der Waals surface area contributed by atoms with Gasteiger partial charge >= 0.3 is 11.7 Å². The molecule has 7 nitrogen and oxygen atoms in total. The number of amides is 1. The van der Waals surface area contributed by atoms with Crippen molar-refractivity contribution in [1.29, 1.82) is 0 Å². The fourth-order valence-corrected chi connectivity index (χ4v) is 3.09. The van der Waals surface area contributed by atoms with Gasteiger partial charge in [-0.25, -0.2) is 13.2 Å². The van der Waals surface area contributed by atoms with Crippen molar-refractivity contribution < 1.29 is 36.3 Å². The quantitative estimate of drug-likeness (QED) is 0.651. The SMILES string of the molecule is Cc1cccc(C)c1OCC(=O)OCC(=O)Nc1ccc(S(=O)(=O)C(F)F)cc1. The number of nitrogens with one attached hydrogen (secondary N) is 1. The lowest BCUT2D eigenvalue weighted by Crippen LogP contribution is -2.24. The van der Waals surface area contributed by atoms with Crippen molar-refractivity contribution in [2.45, 2.75) is 24.5 Å². The van der Waals surface area contributed by atoms with E-state index in [4.69, 9.17) is 9.47 Å². The van der Waals surface area contributed by atoms with Crippen molar-refractivity contribution >= 4 is 27.4 Å². The second kappa shape index (κ2) is 9.46. The van der Waals surface area contributed by atoms with Crippen LogP contribution in [0.25, 0.3) is 0 Å². The minimum absolute atomic E-state index is 0.158. The number of aryl methyl sites for hydroxylation is 2. The molecule has 1 N–H and O–H groups in total. The molecule has 156 valence electrons. The maximum Gasteiger partial charge on any atom is 0.344 e. The van der Waals surface area contributed by atoms with Crippen LogP contribution in [0.3, 0.4) is 0 Å². The van der Waals surface area contributed by atoms with Crippen molar-refractivity contribution in [3.8, 4) is 5.75 Å². The molecule has 29 heavy (non-hydrogen) atoms. The molecular formula is C19H19F2NO6S. The van der Waals surface area contributed by atoms with Gasteiger partial charge in [0.15, 0.2) is 13.2 Å². The number of sulfone groups is 1. The van der Waals surface area contributed by atoms with Crippen molar-refractivity contribution in [2.24, 2.45) is 0 Å². The maximum atomic E-state index is 12.5. The summed E-state index contributed by atoms with van der Waals surface area (Å²) in [6.45, 7) is 2.70. The van der Waals surface area contributed by atoms with Crippen LogP contribution >= 0.6 is 0 Å². The number of hydrogen-bond donors (Lipinski definition) is 1. The third-order valence-corrected chi connectivity index (χ3v) is 5.21. The number of halogens is 2. The van der Waals surface area contributed by atoms with Crippen LogP contribution in [0.1, 0.15) is 11.1 Å². The fraction of sp³-hybridized carbons (Fsp3) is 0.263. The predicted molar refractivity (Wildman–Crippen MR) is 101 cm³/mol. The average Bonchev–Trinajstić information content (AvgIpc) is 2.66. The van der Waals surface area contributed by atoms with Crippen LogP contribution in [-0.2, 0) is 24.2 Å². The first-order chi connectivity index (χ1) is 13.6. The molecule has 0 saturated carbocycles. The van der Waals surface area contributed by atoms with Crippen molar-refractivity contribution in [3.05, 3.63) is 53.6 Å². The normalized spacial score (nSPS) is 11.2. The van der Waals surface area contributed by atoms with Crippen LogP contribution in [0.2, 0.25) is 0 Å². The highest BCUT2D eigenvalue weighted by Gasteiger charge is 2.26. The zero-order valence-electron chi connectivity index (χ0n) is 15.6. The Hall–Kier alpha value is -3.01. The molecule has 0 bridgehead atoms. The van der Waals surface area contributed by atoms with Gasteiger partial charge in [-0.3, -0.25) is 4.79 Å². The number of esters is 1. The summed E-state index contributed by atoms with van der Waals surface area (Å²) in [6.07, 6.45) is 0. The number of carbonyl (C=O) groups is 2. The van der Waals surface area contributed by atoms with Gasteiger partial charge < -0.3 is 14.8 Å². The van der Waals surface area contributed by atoms with Crippen LogP contribution in [0.5, 0.6) is 5.75 Å². The Bertz CT molecular complexity index is 970. The zero-order chi connectivity index (χ0) is 21.6. The summed E-state index contributed by atoms with van der Waals surface area (Å²) in [4.78, 5) is 23.0. The van der Waals surface area contributed by atoms with Gasteiger partial charge in [-0.15, -0.1) is 0 Å². The molecular weight excluding hydrogens is 408 g/mol. The lowest BCUT2D eigenvalue weighted by atomic mass is 10.1. The fourth-order valence-electron chi connectivity index (χ4n) is 2.37. The van der Waals surface area contributed by atoms with Crippen LogP contribution < -0.4 is 10.1 Å². The molecule has 0 radical (unpaired) electrons. The summed E-state index contributed by atoms with van der Waals surface area (Å²) >= 11 is 0. The molecule has 0 heterocycles. The van der Waals surface area contributed by atoms with Gasteiger partial charge in [-0.2, -0.15) is 8.78 Å². The summed E-state index contributed by atoms with van der Waals surface area (Å²) in [6, 6.07) is 9.72. The molecule has 10 heteroatoms. The predicted octanol–water partition coefficient (Wildman–Crippen LogP) is 2.86. The van der Waals surface area contributed by atoms with Gasteiger partial charge in [-0.05, 0) is 49.2 Å². The lowest BCUT2D eigenvalue weighted by Gasteiger charge is -2.11. The Balaban J connectivity index is 1.83. The molecule has 0 saturated heterocycles. The number of ether oxygens (including phenoxy) is 2. The van der Waals surface area contributed by atoms with E-state index in [0.29, 0.717) is 5.75 Å². The highest BCUT2D eigenvalue weighted by Crippen LogP contribution is 2.22. The molecule has 1 amide bonds. The van der Waals surface area contributed by atoms with E-state index in [1.54, 1.807) is 0 Å². The molecule has 0 aliphatic rings. The maximum absolute atomic E-state index is 12.5. The molecule has 2 aromatic rings. The number of anilines is 1. The second-order valence-corrected chi connectivity index (χ2v) is 7.97. The third kappa shape index (κ3) is 5.98. The van der Waals surface area contributed by atoms with Crippen LogP contribution in [0, 0.1) is 13.8 Å². The van der Waals surface area contributed by atoms with E-state index in [1.165, 1.54) is 0 Å². The van der Waals surface area contributed by atoms with Crippen molar-refractivity contribution in [1.82, 2.24) is 0 Å². The minimum atomic E-state index is -4.71. The van der Waals surface area contributed by atoms with E-state index in [0.717, 1.165) is 35.4 Å². The number of para-hydroxylation sites is 1. The first-order valence-corrected chi connectivity index (χ1v) is 9.92. The summed E-state index contributed by atoms with van der Waals surface area (Å²) in [5.74, 6) is -4.41. The summed E-state index contributed by atoms with van der Waals surface area (Å²) in [5, 5.41) is 2.36. The van der Waals surface area contributed by atoms with E-state index >= 15 is 0 Å².